The summed E-state index contributed by atoms with van der Waals surface area (Å²) in [5.41, 5.74) is 2.72. The molecule has 0 bridgehead atoms. The molecule has 0 saturated carbocycles. The quantitative estimate of drug-likeness (QED) is 0.513. The first-order valence-corrected chi connectivity index (χ1v) is 12.9. The summed E-state index contributed by atoms with van der Waals surface area (Å²) in [7, 11) is 0. The van der Waals surface area contributed by atoms with Crippen molar-refractivity contribution >= 4 is 40.7 Å². The Morgan fingerprint density at radius 1 is 1.26 bits per heavy atom. The van der Waals surface area contributed by atoms with E-state index in [1.807, 2.05) is 37.4 Å². The number of amides is 4. The number of aromatic nitrogens is 1. The van der Waals surface area contributed by atoms with Crippen LogP contribution in [0.1, 0.15) is 49.7 Å². The zero-order chi connectivity index (χ0) is 25.1. The van der Waals surface area contributed by atoms with Crippen LogP contribution in [-0.2, 0) is 38.6 Å². The fraction of sp³-hybridized carbons (Fsp3) is 0.480. The van der Waals surface area contributed by atoms with Gasteiger partial charge in [-0.1, -0.05) is 38.5 Å². The van der Waals surface area contributed by atoms with Crippen molar-refractivity contribution in [3.63, 3.8) is 0 Å². The van der Waals surface area contributed by atoms with Crippen LogP contribution >= 0.6 is 11.3 Å². The molecule has 35 heavy (non-hydrogen) atoms. The number of para-hydroxylation sites is 1. The molecule has 2 aromatic rings. The van der Waals surface area contributed by atoms with Gasteiger partial charge in [-0.2, -0.15) is 0 Å². The molecular formula is C25H31N5O4S. The van der Waals surface area contributed by atoms with E-state index >= 15 is 0 Å². The number of carbonyl (C=O) groups is 4. The summed E-state index contributed by atoms with van der Waals surface area (Å²) in [4.78, 5) is 57.6. The first-order valence-electron chi connectivity index (χ1n) is 12.0. The van der Waals surface area contributed by atoms with Crippen LogP contribution < -0.4 is 20.9 Å². The predicted molar refractivity (Wildman–Crippen MR) is 133 cm³/mol. The van der Waals surface area contributed by atoms with E-state index in [0.717, 1.165) is 21.8 Å². The highest BCUT2D eigenvalue weighted by atomic mass is 32.1. The molecule has 2 aliphatic heterocycles. The number of anilines is 1. The fourth-order valence-electron chi connectivity index (χ4n) is 4.78. The van der Waals surface area contributed by atoms with Crippen molar-refractivity contribution in [2.45, 2.75) is 71.1 Å². The Hall–Kier alpha value is -3.27. The van der Waals surface area contributed by atoms with Gasteiger partial charge >= 0.3 is 0 Å². The molecule has 186 valence electrons. The Kier molecular flexibility index (Phi) is 7.49. The third kappa shape index (κ3) is 5.22. The topological polar surface area (TPSA) is 121 Å². The summed E-state index contributed by atoms with van der Waals surface area (Å²) < 4.78 is 0. The van der Waals surface area contributed by atoms with Crippen LogP contribution in [0.5, 0.6) is 0 Å². The average molecular weight is 498 g/mol. The summed E-state index contributed by atoms with van der Waals surface area (Å²) in [6.45, 7) is 5.50. The maximum atomic E-state index is 13.8. The number of nitrogens with zero attached hydrogens (tertiary/aromatic N) is 2. The highest BCUT2D eigenvalue weighted by molar-refractivity contribution is 7.09. The molecule has 0 fully saturated rings. The third-order valence-electron chi connectivity index (χ3n) is 6.78. The van der Waals surface area contributed by atoms with E-state index in [-0.39, 0.29) is 29.5 Å². The third-order valence-corrected chi connectivity index (χ3v) is 7.56. The van der Waals surface area contributed by atoms with Crippen LogP contribution in [0.4, 0.5) is 5.69 Å². The Labute approximate surface area is 208 Å². The molecule has 2 aliphatic rings. The van der Waals surface area contributed by atoms with Crippen LogP contribution in [-0.4, -0.2) is 46.7 Å². The molecule has 0 saturated heterocycles. The van der Waals surface area contributed by atoms with Gasteiger partial charge in [0, 0.05) is 24.9 Å². The second-order valence-electron chi connectivity index (χ2n) is 9.16. The van der Waals surface area contributed by atoms with Gasteiger partial charge < -0.3 is 16.0 Å². The van der Waals surface area contributed by atoms with Crippen LogP contribution in [0.3, 0.4) is 0 Å². The molecule has 3 N–H and O–H groups in total. The first kappa shape index (κ1) is 24.8. The summed E-state index contributed by atoms with van der Waals surface area (Å²) >= 11 is 1.45. The lowest BCUT2D eigenvalue weighted by atomic mass is 9.97. The molecular weight excluding hydrogens is 466 g/mol. The van der Waals surface area contributed by atoms with Gasteiger partial charge in [-0.3, -0.25) is 24.1 Å². The largest absolute Gasteiger partial charge is 0.348 e. The van der Waals surface area contributed by atoms with E-state index in [4.69, 9.17) is 0 Å². The van der Waals surface area contributed by atoms with Crippen molar-refractivity contribution in [1.29, 1.82) is 0 Å². The zero-order valence-electron chi connectivity index (χ0n) is 20.2. The summed E-state index contributed by atoms with van der Waals surface area (Å²) in [6, 6.07) is 3.64. The minimum Gasteiger partial charge on any atom is -0.348 e. The van der Waals surface area contributed by atoms with E-state index in [2.05, 4.69) is 20.9 Å². The smallest absolute Gasteiger partial charge is 0.250 e. The van der Waals surface area contributed by atoms with E-state index < -0.39 is 18.1 Å². The molecule has 0 aliphatic carbocycles. The van der Waals surface area contributed by atoms with E-state index in [9.17, 15) is 19.2 Å². The van der Waals surface area contributed by atoms with Crippen molar-refractivity contribution in [3.05, 3.63) is 45.9 Å². The number of hydrogen-bond donors (Lipinski definition) is 3. The van der Waals surface area contributed by atoms with Gasteiger partial charge in [-0.05, 0) is 29.9 Å². The zero-order valence-corrected chi connectivity index (χ0v) is 21.0. The van der Waals surface area contributed by atoms with Crippen LogP contribution in [0.25, 0.3) is 0 Å². The molecule has 10 heteroatoms. The van der Waals surface area contributed by atoms with E-state index in [1.54, 1.807) is 11.1 Å². The molecule has 9 nitrogen and oxygen atoms in total. The molecule has 0 unspecified atom stereocenters. The normalized spacial score (nSPS) is 20.4. The Balaban J connectivity index is 1.56. The average Bonchev–Trinajstić information content (AvgIpc) is 3.47. The number of thiazole rings is 1. The second-order valence-corrected chi connectivity index (χ2v) is 10.1. The number of rotatable bonds is 8. The minimum atomic E-state index is -0.796. The minimum absolute atomic E-state index is 0.0975. The van der Waals surface area contributed by atoms with E-state index in [1.165, 1.54) is 18.3 Å². The number of aryl methyl sites for hydroxylation is 1. The van der Waals surface area contributed by atoms with Gasteiger partial charge in [0.15, 0.2) is 0 Å². The molecule has 3 heterocycles. The molecule has 4 amide bonds. The number of carbonyl (C=O) groups excluding carboxylic acids is 4. The molecule has 4 rings (SSSR count). The monoisotopic (exact) mass is 497 g/mol. The molecule has 4 atom stereocenters. The molecule has 1 aromatic heterocycles. The lowest BCUT2D eigenvalue weighted by Gasteiger charge is -2.29. The van der Waals surface area contributed by atoms with Gasteiger partial charge in [-0.25, -0.2) is 4.98 Å². The highest BCUT2D eigenvalue weighted by Gasteiger charge is 2.44. The molecule has 0 spiro atoms. The van der Waals surface area contributed by atoms with Crippen molar-refractivity contribution in [1.82, 2.24) is 20.9 Å². The Morgan fingerprint density at radius 2 is 2.03 bits per heavy atom. The van der Waals surface area contributed by atoms with Crippen LogP contribution in [0.15, 0.2) is 29.8 Å². The summed E-state index contributed by atoms with van der Waals surface area (Å²) in [5, 5.41) is 11.1. The number of benzene rings is 1. The number of nitrogens with one attached hydrogen (secondary N) is 3. The Bertz CT molecular complexity index is 1120. The number of hydrogen-bond acceptors (Lipinski definition) is 6. The van der Waals surface area contributed by atoms with Gasteiger partial charge in [0.05, 0.1) is 12.2 Å². The predicted octanol–water partition coefficient (Wildman–Crippen LogP) is 1.70. The highest BCUT2D eigenvalue weighted by Crippen LogP contribution is 2.39. The first-order chi connectivity index (χ1) is 16.8. The van der Waals surface area contributed by atoms with Gasteiger partial charge in [0.2, 0.25) is 23.6 Å². The maximum absolute atomic E-state index is 13.8. The standard InChI is InChI=1S/C25H31N5O4S/c1-4-14(2)21(28-15(3)31)24(33)29-18-9-8-16-6-5-7-17-12-19(30(22(16)17)25(18)34)23(32)27-13-20-26-10-11-35-20/h5-7,10-11,14,18-19,21H,4,8-9,12-13H2,1-3H3,(H,27,32)(H,28,31)(H,29,33)/t14-,18-,19-,21-/m0/s1. The Morgan fingerprint density at radius 3 is 2.71 bits per heavy atom. The van der Waals surface area contributed by atoms with Crippen molar-refractivity contribution in [2.24, 2.45) is 5.92 Å². The van der Waals surface area contributed by atoms with E-state index in [0.29, 0.717) is 32.2 Å². The lowest BCUT2D eigenvalue weighted by Crippen LogP contribution is -2.58. The lowest BCUT2D eigenvalue weighted by molar-refractivity contribution is -0.132. The van der Waals surface area contributed by atoms with Crippen LogP contribution in [0, 0.1) is 5.92 Å². The van der Waals surface area contributed by atoms with Crippen molar-refractivity contribution < 1.29 is 19.2 Å². The van der Waals surface area contributed by atoms with Crippen LogP contribution in [0.2, 0.25) is 0 Å². The maximum Gasteiger partial charge on any atom is 0.250 e. The van der Waals surface area contributed by atoms with Crippen molar-refractivity contribution in [3.8, 4) is 0 Å². The SMILES string of the molecule is CC[C@H](C)[C@H](NC(C)=O)C(=O)N[C@H]1CCc2cccc3c2N(C1=O)[C@H](C(=O)NCc1nccs1)C3. The summed E-state index contributed by atoms with van der Waals surface area (Å²) in [5.74, 6) is -1.34. The summed E-state index contributed by atoms with van der Waals surface area (Å²) in [6.07, 6.45) is 3.80. The van der Waals surface area contributed by atoms with Gasteiger partial charge in [0.1, 0.15) is 23.1 Å². The van der Waals surface area contributed by atoms with Crippen molar-refractivity contribution in [2.75, 3.05) is 4.90 Å². The molecule has 1 aromatic carbocycles. The fourth-order valence-corrected chi connectivity index (χ4v) is 5.33. The molecule has 0 radical (unpaired) electrons. The van der Waals surface area contributed by atoms with Gasteiger partial charge in [-0.15, -0.1) is 11.3 Å². The second kappa shape index (κ2) is 10.6. The van der Waals surface area contributed by atoms with Gasteiger partial charge in [0.25, 0.3) is 0 Å².